The largest absolute Gasteiger partial charge is 0.340 e. The average molecular weight is 497 g/mol. The molecule has 8 heteroatoms. The van der Waals surface area contributed by atoms with E-state index in [1.165, 1.54) is 11.1 Å². The minimum absolute atomic E-state index is 0.830. The van der Waals surface area contributed by atoms with Crippen molar-refractivity contribution in [2.45, 2.75) is 26.6 Å². The van der Waals surface area contributed by atoms with Crippen LogP contribution in [0.5, 0.6) is 0 Å². The van der Waals surface area contributed by atoms with Gasteiger partial charge in [0.25, 0.3) is 0 Å². The first kappa shape index (κ1) is 18.4. The maximum Gasteiger partial charge on any atom is 0.141 e. The summed E-state index contributed by atoms with van der Waals surface area (Å²) < 4.78 is 3.15. The Morgan fingerprint density at radius 2 is 1.97 bits per heavy atom. The van der Waals surface area contributed by atoms with Crippen molar-refractivity contribution in [1.29, 1.82) is 0 Å². The molecule has 1 N–H and O–H groups in total. The van der Waals surface area contributed by atoms with Gasteiger partial charge in [-0.25, -0.2) is 19.6 Å². The number of aromatic nitrogens is 5. The van der Waals surface area contributed by atoms with E-state index in [4.69, 9.17) is 0 Å². The molecule has 0 spiro atoms. The van der Waals surface area contributed by atoms with Crippen molar-refractivity contribution < 1.29 is 0 Å². The summed E-state index contributed by atoms with van der Waals surface area (Å²) in [4.78, 5) is 15.6. The van der Waals surface area contributed by atoms with Gasteiger partial charge in [0.2, 0.25) is 0 Å². The number of rotatable bonds is 4. The van der Waals surface area contributed by atoms with Crippen LogP contribution in [0.15, 0.2) is 49.1 Å². The lowest BCUT2D eigenvalue weighted by Gasteiger charge is -2.27. The van der Waals surface area contributed by atoms with Gasteiger partial charge in [0.15, 0.2) is 0 Å². The molecule has 0 aliphatic carbocycles. The number of anilines is 2. The monoisotopic (exact) mass is 497 g/mol. The summed E-state index contributed by atoms with van der Waals surface area (Å²) in [5.41, 5.74) is 4.55. The van der Waals surface area contributed by atoms with Gasteiger partial charge in [-0.3, -0.25) is 4.90 Å². The first-order valence-electron chi connectivity index (χ1n) is 9.51. The van der Waals surface area contributed by atoms with Gasteiger partial charge in [-0.2, -0.15) is 5.10 Å². The van der Waals surface area contributed by atoms with Crippen molar-refractivity contribution in [3.8, 4) is 0 Å². The Bertz CT molecular complexity index is 1190. The summed E-state index contributed by atoms with van der Waals surface area (Å²) in [5, 5.41) is 8.75. The molecule has 0 unspecified atom stereocenters. The molecule has 0 fully saturated rings. The van der Waals surface area contributed by atoms with E-state index in [2.05, 4.69) is 90.1 Å². The molecule has 5 rings (SSSR count). The molecule has 0 atom stereocenters. The van der Waals surface area contributed by atoms with Gasteiger partial charge in [0.05, 0.1) is 18.6 Å². The Labute approximate surface area is 182 Å². The summed E-state index contributed by atoms with van der Waals surface area (Å²) in [6.45, 7) is 5.79. The third kappa shape index (κ3) is 3.82. The van der Waals surface area contributed by atoms with E-state index in [1.54, 1.807) is 12.7 Å². The smallest absolute Gasteiger partial charge is 0.141 e. The molecule has 0 amide bonds. The fourth-order valence-corrected chi connectivity index (χ4v) is 4.20. The number of hydrogen-bond acceptors (Lipinski definition) is 6. The van der Waals surface area contributed by atoms with E-state index < -0.39 is 0 Å². The average Bonchev–Trinajstić information content (AvgIpc) is 3.18. The van der Waals surface area contributed by atoms with Crippen LogP contribution in [0, 0.1) is 10.5 Å². The van der Waals surface area contributed by atoms with Gasteiger partial charge in [0.1, 0.15) is 24.3 Å². The second kappa shape index (κ2) is 7.68. The molecule has 29 heavy (non-hydrogen) atoms. The number of nitrogens with one attached hydrogen (secondary N) is 1. The van der Waals surface area contributed by atoms with E-state index in [-0.39, 0.29) is 0 Å². The highest BCUT2D eigenvalue weighted by Crippen LogP contribution is 2.26. The fraction of sp³-hybridized carbons (Fsp3) is 0.238. The summed E-state index contributed by atoms with van der Waals surface area (Å²) in [6.07, 6.45) is 3.25. The number of nitrogens with zero attached hydrogens (tertiary/aromatic N) is 6. The van der Waals surface area contributed by atoms with Crippen LogP contribution in [0.2, 0.25) is 0 Å². The van der Waals surface area contributed by atoms with Crippen LogP contribution in [0.25, 0.3) is 10.9 Å². The van der Waals surface area contributed by atoms with Crippen molar-refractivity contribution in [2.75, 3.05) is 11.9 Å². The van der Waals surface area contributed by atoms with Crippen LogP contribution in [-0.2, 0) is 19.6 Å². The van der Waals surface area contributed by atoms with Gasteiger partial charge in [0, 0.05) is 27.7 Å². The Morgan fingerprint density at radius 1 is 1.03 bits per heavy atom. The molecule has 0 bridgehead atoms. The Kier molecular flexibility index (Phi) is 4.88. The zero-order chi connectivity index (χ0) is 19.8. The lowest BCUT2D eigenvalue weighted by molar-refractivity contribution is 0.201. The summed E-state index contributed by atoms with van der Waals surface area (Å²) in [5.74, 6) is 1.87. The van der Waals surface area contributed by atoms with Crippen molar-refractivity contribution >= 4 is 45.0 Å². The lowest BCUT2D eigenvalue weighted by Crippen LogP contribution is -2.34. The van der Waals surface area contributed by atoms with E-state index >= 15 is 0 Å². The Morgan fingerprint density at radius 3 is 2.86 bits per heavy atom. The quantitative estimate of drug-likeness (QED) is 0.432. The normalized spacial score (nSPS) is 14.1. The van der Waals surface area contributed by atoms with E-state index in [9.17, 15) is 0 Å². The van der Waals surface area contributed by atoms with E-state index in [0.29, 0.717) is 0 Å². The number of fused-ring (bicyclic) bond motifs is 2. The summed E-state index contributed by atoms with van der Waals surface area (Å²) in [6, 6.07) is 12.7. The summed E-state index contributed by atoms with van der Waals surface area (Å²) in [7, 11) is 0. The van der Waals surface area contributed by atoms with Gasteiger partial charge in [-0.1, -0.05) is 6.07 Å². The number of halogens is 1. The zero-order valence-corrected chi connectivity index (χ0v) is 18.2. The maximum atomic E-state index is 4.46. The van der Waals surface area contributed by atoms with Gasteiger partial charge in [-0.05, 0) is 71.0 Å². The number of benzene rings is 2. The highest BCUT2D eigenvalue weighted by molar-refractivity contribution is 14.1. The second-order valence-corrected chi connectivity index (χ2v) is 8.51. The first-order chi connectivity index (χ1) is 14.2. The Balaban J connectivity index is 1.35. The van der Waals surface area contributed by atoms with Crippen LogP contribution in [-0.4, -0.2) is 36.2 Å². The van der Waals surface area contributed by atoms with E-state index in [1.807, 2.05) is 10.7 Å². The Hall–Kier alpha value is -2.59. The molecule has 146 valence electrons. The predicted molar refractivity (Wildman–Crippen MR) is 121 cm³/mol. The SMILES string of the molecule is Cc1cc(Nc2ncnc3ccc(I)cc23)ccc1CN1CCn2ncnc2C1. The molecule has 3 heterocycles. The highest BCUT2D eigenvalue weighted by atomic mass is 127. The van der Waals surface area contributed by atoms with Gasteiger partial charge in [-0.15, -0.1) is 0 Å². The molecular weight excluding hydrogens is 477 g/mol. The first-order valence-corrected chi connectivity index (χ1v) is 10.6. The zero-order valence-electron chi connectivity index (χ0n) is 16.0. The molecule has 0 radical (unpaired) electrons. The van der Waals surface area contributed by atoms with Gasteiger partial charge < -0.3 is 5.32 Å². The molecule has 4 aromatic rings. The second-order valence-electron chi connectivity index (χ2n) is 7.26. The number of hydrogen-bond donors (Lipinski definition) is 1. The van der Waals surface area contributed by atoms with Crippen molar-refractivity contribution in [2.24, 2.45) is 0 Å². The third-order valence-electron chi connectivity index (χ3n) is 5.29. The van der Waals surface area contributed by atoms with Crippen LogP contribution in [0.4, 0.5) is 11.5 Å². The molecule has 1 aliphatic rings. The van der Waals surface area contributed by atoms with Crippen LogP contribution in [0.1, 0.15) is 17.0 Å². The molecule has 7 nitrogen and oxygen atoms in total. The van der Waals surface area contributed by atoms with Crippen LogP contribution >= 0.6 is 22.6 Å². The van der Waals surface area contributed by atoms with Crippen LogP contribution < -0.4 is 5.32 Å². The minimum atomic E-state index is 0.830. The molecular formula is C21H20IN7. The molecule has 2 aromatic carbocycles. The lowest BCUT2D eigenvalue weighted by atomic mass is 10.1. The van der Waals surface area contributed by atoms with Gasteiger partial charge >= 0.3 is 0 Å². The maximum absolute atomic E-state index is 4.46. The number of aryl methyl sites for hydroxylation is 1. The standard InChI is InChI=1S/C21H20IN7/c1-14-8-17(27-21-18-9-16(22)3-5-19(18)23-12-25-21)4-2-15(14)10-28-6-7-29-20(11-28)24-13-26-29/h2-5,8-9,12-13H,6-7,10-11H2,1H3,(H,23,25,27). The topological polar surface area (TPSA) is 71.8 Å². The third-order valence-corrected chi connectivity index (χ3v) is 5.96. The molecule has 2 aromatic heterocycles. The highest BCUT2D eigenvalue weighted by Gasteiger charge is 2.18. The molecule has 0 saturated carbocycles. The predicted octanol–water partition coefficient (Wildman–Crippen LogP) is 3.89. The van der Waals surface area contributed by atoms with Crippen molar-refractivity contribution in [1.82, 2.24) is 29.6 Å². The minimum Gasteiger partial charge on any atom is -0.340 e. The van der Waals surface area contributed by atoms with Crippen molar-refractivity contribution in [3.63, 3.8) is 0 Å². The molecule has 0 saturated heterocycles. The summed E-state index contributed by atoms with van der Waals surface area (Å²) >= 11 is 2.31. The fourth-order valence-electron chi connectivity index (χ4n) is 3.70. The molecule has 1 aliphatic heterocycles. The van der Waals surface area contributed by atoms with Crippen molar-refractivity contribution in [3.05, 3.63) is 69.6 Å². The van der Waals surface area contributed by atoms with E-state index in [0.717, 1.165) is 58.0 Å². The van der Waals surface area contributed by atoms with Crippen LogP contribution in [0.3, 0.4) is 0 Å².